The maximum Gasteiger partial charge on any atom is 0.264 e. The number of sulfonamides is 1. The van der Waals surface area contributed by atoms with Crippen LogP contribution in [0.25, 0.3) is 0 Å². The number of rotatable bonds is 2. The first-order valence-corrected chi connectivity index (χ1v) is 20.7. The minimum atomic E-state index is -3.97. The van der Waals surface area contributed by atoms with Gasteiger partial charge in [-0.2, -0.15) is 0 Å². The van der Waals surface area contributed by atoms with Crippen molar-refractivity contribution in [3.63, 3.8) is 0 Å². The fourth-order valence-corrected chi connectivity index (χ4v) is 10.3. The Morgan fingerprint density at radius 1 is 1.06 bits per heavy atom. The quantitative estimate of drug-likeness (QED) is 0.272. The maximum atomic E-state index is 13.4. The highest BCUT2D eigenvalue weighted by atomic mass is 35.5. The van der Waals surface area contributed by atoms with Crippen molar-refractivity contribution in [1.82, 2.24) is 15.4 Å². The summed E-state index contributed by atoms with van der Waals surface area (Å²) in [5.74, 6) is -0.203. The number of fused-ring (bicyclic) bond motifs is 4. The van der Waals surface area contributed by atoms with Crippen LogP contribution in [0, 0.1) is 17.8 Å². The van der Waals surface area contributed by atoms with Crippen molar-refractivity contribution >= 4 is 39.5 Å². The van der Waals surface area contributed by atoms with Crippen molar-refractivity contribution in [3.05, 3.63) is 70.3 Å². The molecule has 0 aromatic heterocycles. The second-order valence-corrected chi connectivity index (χ2v) is 18.3. The molecule has 2 aromatic carbocycles. The molecule has 0 radical (unpaired) electrons. The van der Waals surface area contributed by atoms with Crippen LogP contribution < -0.4 is 25.0 Å². The van der Waals surface area contributed by atoms with Gasteiger partial charge < -0.3 is 25.0 Å². The van der Waals surface area contributed by atoms with Crippen LogP contribution in [-0.2, 0) is 31.4 Å². The van der Waals surface area contributed by atoms with Crippen LogP contribution in [-0.4, -0.2) is 83.4 Å². The molecule has 3 aliphatic heterocycles. The van der Waals surface area contributed by atoms with E-state index in [1.54, 1.807) is 32.2 Å². The number of halogens is 1. The standard InChI is InChI=1S/C34H41ClN2O6S.C6H14N2/c1-22-6-4-15-34(20-38,42-3)29-11-8-26(29)18-37-19-33(14-5-7-24-16-27(35)10-12-28(24)33)21-43-31-13-9-25(17-30(31)37)32(39)36-44(40,41)23(22)2;1-5-3-7-4-6(2)8-5/h4,9-10,12-13,15-17,20,22-23,26,29H,5-8,11,14,18-19,21H2,1-3H3,(H,36,39);5-8H,3-4H2,1-2H3/b15-4+;/t22-,23+,26-,29+,33-,34-;5-,6+/m0./s1. The monoisotopic (exact) mass is 754 g/mol. The molecule has 0 unspecified atom stereocenters. The van der Waals surface area contributed by atoms with Crippen molar-refractivity contribution in [1.29, 1.82) is 0 Å². The zero-order valence-electron chi connectivity index (χ0n) is 31.1. The molecule has 1 spiro atoms. The number of allylic oxidation sites excluding steroid dienone is 1. The van der Waals surface area contributed by atoms with Gasteiger partial charge in [0.15, 0.2) is 6.29 Å². The molecule has 8 atom stereocenters. The number of amides is 1. The maximum absolute atomic E-state index is 13.4. The van der Waals surface area contributed by atoms with Crippen LogP contribution in [0.15, 0.2) is 48.6 Å². The fraction of sp³-hybridized carbons (Fsp3) is 0.600. The summed E-state index contributed by atoms with van der Waals surface area (Å²) in [5.41, 5.74) is 2.05. The van der Waals surface area contributed by atoms with Crippen molar-refractivity contribution < 1.29 is 27.5 Å². The number of hydrogen-bond donors (Lipinski definition) is 3. The van der Waals surface area contributed by atoms with Crippen molar-refractivity contribution in [2.75, 3.05) is 44.8 Å². The van der Waals surface area contributed by atoms with Gasteiger partial charge in [0, 0.05) is 67.3 Å². The molecule has 3 N–H and O–H groups in total. The average Bonchev–Trinajstić information content (AvgIpc) is 3.25. The third kappa shape index (κ3) is 7.94. The lowest BCUT2D eigenvalue weighted by molar-refractivity contribution is -0.135. The second kappa shape index (κ2) is 15.8. The van der Waals surface area contributed by atoms with Crippen molar-refractivity contribution in [3.8, 4) is 5.75 Å². The first-order valence-electron chi connectivity index (χ1n) is 18.8. The smallest absolute Gasteiger partial charge is 0.264 e. The highest BCUT2D eigenvalue weighted by Crippen LogP contribution is 2.48. The lowest BCUT2D eigenvalue weighted by atomic mass is 9.64. The van der Waals surface area contributed by atoms with Crippen LogP contribution >= 0.6 is 11.6 Å². The van der Waals surface area contributed by atoms with E-state index in [1.807, 2.05) is 25.1 Å². The molecule has 2 aliphatic carbocycles. The number of benzene rings is 2. The Morgan fingerprint density at radius 2 is 1.83 bits per heavy atom. The molecule has 52 heavy (non-hydrogen) atoms. The van der Waals surface area contributed by atoms with Crippen LogP contribution in [0.1, 0.15) is 81.3 Å². The molecule has 5 aliphatic rings. The molecule has 10 nitrogen and oxygen atoms in total. The van der Waals surface area contributed by atoms with E-state index in [0.29, 0.717) is 49.0 Å². The first-order chi connectivity index (χ1) is 24.8. The van der Waals surface area contributed by atoms with E-state index < -0.39 is 26.8 Å². The van der Waals surface area contributed by atoms with E-state index >= 15 is 0 Å². The molecule has 2 aromatic rings. The summed E-state index contributed by atoms with van der Waals surface area (Å²) in [5, 5.41) is 6.62. The molecule has 1 saturated carbocycles. The van der Waals surface area contributed by atoms with Crippen LogP contribution in [0.5, 0.6) is 5.75 Å². The van der Waals surface area contributed by atoms with Crippen LogP contribution in [0.4, 0.5) is 5.69 Å². The van der Waals surface area contributed by atoms with Gasteiger partial charge in [-0.1, -0.05) is 30.7 Å². The van der Waals surface area contributed by atoms with Crippen molar-refractivity contribution in [2.24, 2.45) is 17.8 Å². The topological polar surface area (TPSA) is 126 Å². The first kappa shape index (κ1) is 38.8. The second-order valence-electron chi connectivity index (χ2n) is 15.8. The summed E-state index contributed by atoms with van der Waals surface area (Å²) in [6.07, 6.45) is 9.65. The number of anilines is 1. The molecular formula is C40H55ClN4O6S. The van der Waals surface area contributed by atoms with Gasteiger partial charge in [-0.05, 0) is 119 Å². The number of nitrogens with one attached hydrogen (secondary N) is 3. The minimum Gasteiger partial charge on any atom is -0.490 e. The Kier molecular flexibility index (Phi) is 11.8. The number of ether oxygens (including phenoxy) is 2. The average molecular weight is 755 g/mol. The Balaban J connectivity index is 0.000000514. The van der Waals surface area contributed by atoms with E-state index in [2.05, 4.69) is 46.2 Å². The molecule has 1 amide bonds. The summed E-state index contributed by atoms with van der Waals surface area (Å²) in [6, 6.07) is 12.6. The van der Waals surface area contributed by atoms with Crippen LogP contribution in [0.2, 0.25) is 5.02 Å². The third-order valence-corrected chi connectivity index (χ3v) is 14.3. The third-order valence-electron chi connectivity index (χ3n) is 12.2. The molecule has 3 heterocycles. The molecule has 7 rings (SSSR count). The van der Waals surface area contributed by atoms with Gasteiger partial charge in [-0.3, -0.25) is 9.59 Å². The number of piperazine rings is 1. The number of methoxy groups -OCH3 is 1. The number of aldehydes is 1. The highest BCUT2D eigenvalue weighted by Gasteiger charge is 2.49. The SMILES string of the molecule is CO[C@]1(C=O)/C=C/C[C@H](C)[C@@H](C)S(=O)(=O)NC(=O)c2ccc3c(c2)N(C[C@@H]2CC[C@H]21)C[C@@]1(CCCc2cc(Cl)ccc21)CO3.C[C@@H]1CNC[C@H](C)N1. The van der Waals surface area contributed by atoms with Crippen molar-refractivity contribution in [2.45, 2.75) is 94.6 Å². The number of carbonyl (C=O) groups excluding carboxylic acids is 2. The predicted octanol–water partition coefficient (Wildman–Crippen LogP) is 5.42. The van der Waals surface area contributed by atoms with Gasteiger partial charge in [0.1, 0.15) is 11.4 Å². The summed E-state index contributed by atoms with van der Waals surface area (Å²) >= 11 is 6.40. The molecule has 12 heteroatoms. The Bertz CT molecular complexity index is 1760. The molecule has 284 valence electrons. The van der Waals surface area contributed by atoms with Gasteiger partial charge >= 0.3 is 0 Å². The summed E-state index contributed by atoms with van der Waals surface area (Å²) in [4.78, 5) is 28.4. The van der Waals surface area contributed by atoms with E-state index in [4.69, 9.17) is 21.1 Å². The normalized spacial score (nSPS) is 34.8. The Morgan fingerprint density at radius 3 is 2.48 bits per heavy atom. The zero-order valence-corrected chi connectivity index (χ0v) is 32.7. The van der Waals surface area contributed by atoms with E-state index in [0.717, 1.165) is 57.2 Å². The minimum absolute atomic E-state index is 0.0434. The molecule has 2 fully saturated rings. The lowest BCUT2D eigenvalue weighted by Crippen LogP contribution is -2.53. The van der Waals surface area contributed by atoms with Gasteiger partial charge in [0.25, 0.3) is 5.91 Å². The summed E-state index contributed by atoms with van der Waals surface area (Å²) in [6.45, 7) is 11.8. The summed E-state index contributed by atoms with van der Waals surface area (Å²) < 4.78 is 41.3. The van der Waals surface area contributed by atoms with Gasteiger partial charge in [-0.15, -0.1) is 0 Å². The zero-order chi connectivity index (χ0) is 37.3. The van der Waals surface area contributed by atoms with Gasteiger partial charge in [0.05, 0.1) is 17.5 Å². The predicted molar refractivity (Wildman–Crippen MR) is 206 cm³/mol. The van der Waals surface area contributed by atoms with Gasteiger partial charge in [-0.25, -0.2) is 13.1 Å². The van der Waals surface area contributed by atoms with Gasteiger partial charge in [0.2, 0.25) is 10.0 Å². The molecule has 1 saturated heterocycles. The number of nitrogens with zero attached hydrogens (tertiary/aromatic N) is 1. The number of aryl methyl sites for hydroxylation is 1. The van der Waals surface area contributed by atoms with E-state index in [9.17, 15) is 18.0 Å². The van der Waals surface area contributed by atoms with E-state index in [-0.39, 0.29) is 28.7 Å². The lowest BCUT2D eigenvalue weighted by Gasteiger charge is -2.48. The Hall–Kier alpha value is -2.96. The number of hydrogen-bond acceptors (Lipinski definition) is 9. The van der Waals surface area contributed by atoms with E-state index in [1.165, 1.54) is 11.1 Å². The van der Waals surface area contributed by atoms with Crippen LogP contribution in [0.3, 0.4) is 0 Å². The summed E-state index contributed by atoms with van der Waals surface area (Å²) in [7, 11) is -2.41. The molecular weight excluding hydrogens is 700 g/mol. The molecule has 2 bridgehead atoms. The largest absolute Gasteiger partial charge is 0.490 e. The highest BCUT2D eigenvalue weighted by molar-refractivity contribution is 7.90. The fourth-order valence-electron chi connectivity index (χ4n) is 8.80. The number of carbonyl (C=O) groups is 2. The Labute approximate surface area is 314 Å².